The van der Waals surface area contributed by atoms with Gasteiger partial charge in [-0.2, -0.15) is 0 Å². The van der Waals surface area contributed by atoms with Crippen LogP contribution in [0.1, 0.15) is 32.1 Å². The van der Waals surface area contributed by atoms with Crippen molar-refractivity contribution in [3.63, 3.8) is 0 Å². The average molecular weight is 282 g/mol. The lowest BCUT2D eigenvalue weighted by atomic mass is 9.96. The van der Waals surface area contributed by atoms with Crippen LogP contribution >= 0.6 is 0 Å². The van der Waals surface area contributed by atoms with E-state index in [2.05, 4.69) is 29.2 Å². The molecule has 116 valence electrons. The van der Waals surface area contributed by atoms with E-state index in [0.29, 0.717) is 6.04 Å². The van der Waals surface area contributed by atoms with E-state index in [1.54, 1.807) is 0 Å². The van der Waals surface area contributed by atoms with Gasteiger partial charge in [-0.15, -0.1) is 0 Å². The van der Waals surface area contributed by atoms with Crippen molar-refractivity contribution < 1.29 is 4.79 Å². The van der Waals surface area contributed by atoms with Crippen LogP contribution < -0.4 is 11.1 Å². The van der Waals surface area contributed by atoms with Gasteiger partial charge in [-0.1, -0.05) is 0 Å². The number of amides is 1. The number of hydrogen-bond acceptors (Lipinski definition) is 4. The van der Waals surface area contributed by atoms with E-state index in [0.717, 1.165) is 25.4 Å². The fraction of sp³-hybridized carbons (Fsp3) is 0.933. The van der Waals surface area contributed by atoms with Crippen molar-refractivity contribution in [2.45, 2.75) is 44.2 Å². The standard InChI is InChI=1S/C15H30N4O/c1-18-8-5-12(6-9-18)11-19(2)10-7-14(15(16)20)17-13-3-4-13/h12-14,17H,3-11H2,1-2H3,(H2,16,20). The zero-order valence-corrected chi connectivity index (χ0v) is 13.0. The maximum absolute atomic E-state index is 11.4. The quantitative estimate of drug-likeness (QED) is 0.670. The largest absolute Gasteiger partial charge is 0.368 e. The van der Waals surface area contributed by atoms with Crippen LogP contribution in [-0.2, 0) is 4.79 Å². The number of nitrogens with two attached hydrogens (primary N) is 1. The summed E-state index contributed by atoms with van der Waals surface area (Å²) in [5.74, 6) is 0.601. The fourth-order valence-electron chi connectivity index (χ4n) is 2.97. The lowest BCUT2D eigenvalue weighted by Gasteiger charge is -2.32. The van der Waals surface area contributed by atoms with Gasteiger partial charge in [0.15, 0.2) is 0 Å². The highest BCUT2D eigenvalue weighted by molar-refractivity contribution is 5.79. The number of nitrogens with zero attached hydrogens (tertiary/aromatic N) is 2. The minimum absolute atomic E-state index is 0.151. The summed E-state index contributed by atoms with van der Waals surface area (Å²) >= 11 is 0. The third kappa shape index (κ3) is 5.38. The van der Waals surface area contributed by atoms with Gasteiger partial charge in [0, 0.05) is 12.6 Å². The highest BCUT2D eigenvalue weighted by Crippen LogP contribution is 2.20. The Morgan fingerprint density at radius 1 is 1.35 bits per heavy atom. The summed E-state index contributed by atoms with van der Waals surface area (Å²) in [4.78, 5) is 16.2. The summed E-state index contributed by atoms with van der Waals surface area (Å²) in [5.41, 5.74) is 5.47. The Hall–Kier alpha value is -0.650. The topological polar surface area (TPSA) is 61.6 Å². The molecule has 1 aliphatic carbocycles. The van der Waals surface area contributed by atoms with Gasteiger partial charge in [0.05, 0.1) is 6.04 Å². The Morgan fingerprint density at radius 3 is 2.55 bits per heavy atom. The predicted octanol–water partition coefficient (Wildman–Crippen LogP) is 0.256. The highest BCUT2D eigenvalue weighted by Gasteiger charge is 2.27. The van der Waals surface area contributed by atoms with Crippen molar-refractivity contribution in [3.05, 3.63) is 0 Å². The molecule has 1 aliphatic heterocycles. The number of carbonyl (C=O) groups excluding carboxylic acids is 1. The summed E-state index contributed by atoms with van der Waals surface area (Å²) in [6.45, 7) is 4.51. The summed E-state index contributed by atoms with van der Waals surface area (Å²) in [6, 6.07) is 0.383. The van der Waals surface area contributed by atoms with Gasteiger partial charge in [-0.05, 0) is 71.8 Å². The molecule has 1 atom stereocenters. The lowest BCUT2D eigenvalue weighted by Crippen LogP contribution is -2.44. The van der Waals surface area contributed by atoms with Gasteiger partial charge in [0.25, 0.3) is 0 Å². The molecule has 1 heterocycles. The van der Waals surface area contributed by atoms with Crippen LogP contribution in [-0.4, -0.2) is 68.1 Å². The first-order valence-corrected chi connectivity index (χ1v) is 7.97. The first-order chi connectivity index (χ1) is 9.54. The molecule has 0 aromatic heterocycles. The summed E-state index contributed by atoms with van der Waals surface area (Å²) in [7, 11) is 4.36. The molecule has 2 rings (SSSR count). The van der Waals surface area contributed by atoms with E-state index in [4.69, 9.17) is 5.73 Å². The van der Waals surface area contributed by atoms with Crippen molar-refractivity contribution in [1.82, 2.24) is 15.1 Å². The van der Waals surface area contributed by atoms with Crippen LogP contribution in [0.5, 0.6) is 0 Å². The second-order valence-corrected chi connectivity index (χ2v) is 6.69. The molecule has 2 fully saturated rings. The maximum Gasteiger partial charge on any atom is 0.234 e. The van der Waals surface area contributed by atoms with Gasteiger partial charge < -0.3 is 20.9 Å². The van der Waals surface area contributed by atoms with Crippen molar-refractivity contribution in [1.29, 1.82) is 0 Å². The lowest BCUT2D eigenvalue weighted by molar-refractivity contribution is -0.120. The second kappa shape index (κ2) is 7.38. The summed E-state index contributed by atoms with van der Waals surface area (Å²) in [5, 5.41) is 3.35. The molecule has 0 aromatic rings. The average Bonchev–Trinajstić information content (AvgIpc) is 3.21. The highest BCUT2D eigenvalue weighted by atomic mass is 16.1. The van der Waals surface area contributed by atoms with Crippen LogP contribution in [0.25, 0.3) is 0 Å². The Balaban J connectivity index is 1.65. The summed E-state index contributed by atoms with van der Waals surface area (Å²) in [6.07, 6.45) is 5.79. The van der Waals surface area contributed by atoms with E-state index < -0.39 is 0 Å². The maximum atomic E-state index is 11.4. The molecule has 2 aliphatic rings. The smallest absolute Gasteiger partial charge is 0.234 e. The fourth-order valence-corrected chi connectivity index (χ4v) is 2.97. The third-order valence-electron chi connectivity index (χ3n) is 4.57. The van der Waals surface area contributed by atoms with E-state index >= 15 is 0 Å². The molecule has 5 nitrogen and oxygen atoms in total. The first-order valence-electron chi connectivity index (χ1n) is 7.97. The zero-order valence-electron chi connectivity index (χ0n) is 13.0. The molecular weight excluding hydrogens is 252 g/mol. The van der Waals surface area contributed by atoms with Crippen molar-refractivity contribution in [2.75, 3.05) is 40.3 Å². The van der Waals surface area contributed by atoms with E-state index in [1.165, 1.54) is 38.8 Å². The van der Waals surface area contributed by atoms with Crippen LogP contribution in [0.2, 0.25) is 0 Å². The molecular formula is C15H30N4O. The molecule has 0 spiro atoms. The van der Waals surface area contributed by atoms with E-state index in [-0.39, 0.29) is 11.9 Å². The Kier molecular flexibility index (Phi) is 5.81. The number of nitrogens with one attached hydrogen (secondary N) is 1. The molecule has 0 bridgehead atoms. The van der Waals surface area contributed by atoms with Crippen molar-refractivity contribution in [2.24, 2.45) is 11.7 Å². The van der Waals surface area contributed by atoms with Crippen LogP contribution in [0.3, 0.4) is 0 Å². The number of primary amides is 1. The number of likely N-dealkylation sites (tertiary alicyclic amines) is 1. The van der Waals surface area contributed by atoms with Gasteiger partial charge in [-0.3, -0.25) is 4.79 Å². The van der Waals surface area contributed by atoms with Gasteiger partial charge in [0.1, 0.15) is 0 Å². The van der Waals surface area contributed by atoms with Crippen molar-refractivity contribution in [3.8, 4) is 0 Å². The Bertz CT molecular complexity index is 311. The molecule has 1 saturated carbocycles. The molecule has 0 aromatic carbocycles. The molecule has 5 heteroatoms. The van der Waals surface area contributed by atoms with Gasteiger partial charge in [-0.25, -0.2) is 0 Å². The molecule has 0 radical (unpaired) electrons. The van der Waals surface area contributed by atoms with Crippen LogP contribution in [0, 0.1) is 5.92 Å². The first kappa shape index (κ1) is 15.7. The number of carbonyl (C=O) groups is 1. The van der Waals surface area contributed by atoms with Gasteiger partial charge >= 0.3 is 0 Å². The minimum Gasteiger partial charge on any atom is -0.368 e. The second-order valence-electron chi connectivity index (χ2n) is 6.69. The molecule has 1 amide bonds. The molecule has 20 heavy (non-hydrogen) atoms. The molecule has 1 unspecified atom stereocenters. The predicted molar refractivity (Wildman–Crippen MR) is 81.5 cm³/mol. The SMILES string of the molecule is CN1CCC(CN(C)CCC(NC2CC2)C(N)=O)CC1. The third-order valence-corrected chi connectivity index (χ3v) is 4.57. The monoisotopic (exact) mass is 282 g/mol. The number of rotatable bonds is 8. The minimum atomic E-state index is -0.204. The Morgan fingerprint density at radius 2 is 2.00 bits per heavy atom. The summed E-state index contributed by atoms with van der Waals surface area (Å²) < 4.78 is 0. The molecule has 3 N–H and O–H groups in total. The van der Waals surface area contributed by atoms with E-state index in [1.807, 2.05) is 0 Å². The normalized spacial score (nSPS) is 23.1. The van der Waals surface area contributed by atoms with Crippen LogP contribution in [0.4, 0.5) is 0 Å². The molecule has 1 saturated heterocycles. The number of piperidine rings is 1. The zero-order chi connectivity index (χ0) is 14.5. The van der Waals surface area contributed by atoms with E-state index in [9.17, 15) is 4.79 Å². The Labute approximate surface area is 122 Å². The van der Waals surface area contributed by atoms with Crippen LogP contribution in [0.15, 0.2) is 0 Å². The van der Waals surface area contributed by atoms with Gasteiger partial charge in [0.2, 0.25) is 5.91 Å². The van der Waals surface area contributed by atoms with Crippen molar-refractivity contribution >= 4 is 5.91 Å². The number of hydrogen-bond donors (Lipinski definition) is 2.